The van der Waals surface area contributed by atoms with Crippen molar-refractivity contribution >= 4 is 41.6 Å². The van der Waals surface area contributed by atoms with Crippen LogP contribution in [-0.2, 0) is 24.0 Å². The normalized spacial score (nSPS) is 40.0. The van der Waals surface area contributed by atoms with Crippen LogP contribution in [-0.4, -0.2) is 52.5 Å². The summed E-state index contributed by atoms with van der Waals surface area (Å²) in [6.45, 7) is 22.3. The van der Waals surface area contributed by atoms with Crippen LogP contribution in [0.2, 0.25) is 0 Å². The first-order chi connectivity index (χ1) is 27.0. The number of rotatable bonds is 11. The smallest absolute Gasteiger partial charge is 0.306 e. The lowest BCUT2D eigenvalue weighted by Crippen LogP contribution is -2.62. The molecule has 2 amide bonds. The van der Waals surface area contributed by atoms with Gasteiger partial charge in [-0.2, -0.15) is 0 Å². The summed E-state index contributed by atoms with van der Waals surface area (Å²) < 4.78 is 0. The molecule has 1 heterocycles. The van der Waals surface area contributed by atoms with Gasteiger partial charge in [0.15, 0.2) is 5.78 Å². The number of carboxylic acids is 1. The molecule has 1 aliphatic heterocycles. The molecule has 6 N–H and O–H groups in total. The second-order valence-electron chi connectivity index (χ2n) is 21.8. The second-order valence-corrected chi connectivity index (χ2v) is 22.8. The van der Waals surface area contributed by atoms with Gasteiger partial charge in [-0.3, -0.25) is 24.0 Å². The number of nitrogens with two attached hydrogens (primary N) is 1. The van der Waals surface area contributed by atoms with Crippen LogP contribution in [0.1, 0.15) is 146 Å². The Bertz CT molecular complexity index is 1720. The number of hydrogen-bond donors (Lipinski definition) is 5. The maximum atomic E-state index is 13.9. The van der Waals surface area contributed by atoms with Crippen molar-refractivity contribution in [2.75, 3.05) is 6.54 Å². The molecule has 58 heavy (non-hydrogen) atoms. The molecule has 5 saturated carbocycles. The zero-order valence-electron chi connectivity index (χ0n) is 37.1. The topological polar surface area (TPSA) is 168 Å². The van der Waals surface area contributed by atoms with Crippen LogP contribution in [0.25, 0.3) is 0 Å². The molecule has 11 heteroatoms. The van der Waals surface area contributed by atoms with Crippen molar-refractivity contribution in [2.45, 2.75) is 157 Å². The Labute approximate surface area is 352 Å². The van der Waals surface area contributed by atoms with E-state index < -0.39 is 16.9 Å². The van der Waals surface area contributed by atoms with Gasteiger partial charge in [0.1, 0.15) is 11.3 Å². The highest BCUT2D eigenvalue weighted by Crippen LogP contribution is 2.74. The first kappa shape index (κ1) is 44.9. The predicted molar refractivity (Wildman–Crippen MR) is 230 cm³/mol. The third-order valence-electron chi connectivity index (χ3n) is 17.4. The van der Waals surface area contributed by atoms with Gasteiger partial charge in [-0.05, 0) is 147 Å². The summed E-state index contributed by atoms with van der Waals surface area (Å²) in [4.78, 5) is 63.7. The lowest BCUT2D eigenvalue weighted by atomic mass is 9.35. The summed E-state index contributed by atoms with van der Waals surface area (Å²) in [6.07, 6.45) is 11.1. The van der Waals surface area contributed by atoms with Gasteiger partial charge in [0.25, 0.3) is 0 Å². The monoisotopic (exact) mass is 823 g/mol. The number of carbonyl (C=O) groups is 5. The van der Waals surface area contributed by atoms with Gasteiger partial charge in [-0.1, -0.05) is 65.8 Å². The molecule has 0 radical (unpaired) electrons. The molecular formula is C47H74N4O6S. The fraction of sp³-hybridized carbons (Fsp3) is 0.809. The highest BCUT2D eigenvalue weighted by atomic mass is 32.2. The fourth-order valence-electron chi connectivity index (χ4n) is 14.4. The van der Waals surface area contributed by atoms with Gasteiger partial charge < -0.3 is 26.8 Å². The minimum Gasteiger partial charge on any atom is -0.481 e. The van der Waals surface area contributed by atoms with Crippen LogP contribution in [0.3, 0.4) is 0 Å². The lowest BCUT2D eigenvalue weighted by molar-refractivity contribution is -0.193. The number of ketones is 2. The molecule has 0 saturated heterocycles. The van der Waals surface area contributed by atoms with Crippen LogP contribution >= 0.6 is 11.8 Å². The molecule has 0 aromatic heterocycles. The molecule has 7 aliphatic rings. The molecule has 7 rings (SSSR count). The summed E-state index contributed by atoms with van der Waals surface area (Å²) in [6, 6.07) is 0. The Morgan fingerprint density at radius 1 is 1.02 bits per heavy atom. The Morgan fingerprint density at radius 3 is 2.28 bits per heavy atom. The first-order valence-corrected chi connectivity index (χ1v) is 23.3. The molecule has 12 unspecified atom stereocenters. The highest BCUT2D eigenvalue weighted by Gasteiger charge is 2.66. The molecule has 324 valence electrons. The molecule has 5 fully saturated rings. The standard InChI is InChI=1S/C43H66N2O6.C4H8N2S/c1-24(2)36-32(48)20-43(21-35(49)44-22-39(4,5)45-23-46)17-13-30-27(37(36)43)10-11-34-41(30,8)16-14-33-40(6,7)26(12-15-42(33,34)9)18-31(47)28-19-29(25(28)3)38(50)51;1-3-2-7-4(5)6-3/h23-30,33-34H,10-22H2,1-9H3,(H,44,49)(H,45,46)(H,50,51);2,4,6H,5H2,1H3. The Morgan fingerprint density at radius 2 is 1.71 bits per heavy atom. The number of Topliss-reactive ketones (excluding diaryl/α,β-unsaturated/α-hetero) is 2. The number of hydrogen-bond acceptors (Lipinski definition) is 8. The van der Waals surface area contributed by atoms with E-state index in [2.05, 4.69) is 57.5 Å². The van der Waals surface area contributed by atoms with E-state index in [1.807, 2.05) is 33.1 Å². The van der Waals surface area contributed by atoms with E-state index in [1.165, 1.54) is 5.57 Å². The van der Waals surface area contributed by atoms with Crippen molar-refractivity contribution in [3.05, 3.63) is 22.3 Å². The van der Waals surface area contributed by atoms with E-state index in [4.69, 9.17) is 5.73 Å². The fourth-order valence-corrected chi connectivity index (χ4v) is 15.1. The van der Waals surface area contributed by atoms with Crippen LogP contribution in [0, 0.1) is 74.9 Å². The van der Waals surface area contributed by atoms with E-state index in [1.54, 1.807) is 11.8 Å². The number of carboxylic acid groups (broad SMARTS) is 1. The van der Waals surface area contributed by atoms with E-state index in [-0.39, 0.29) is 62.9 Å². The van der Waals surface area contributed by atoms with Crippen molar-refractivity contribution in [3.63, 3.8) is 0 Å². The second kappa shape index (κ2) is 16.3. The first-order valence-electron chi connectivity index (χ1n) is 22.4. The van der Waals surface area contributed by atoms with Crippen molar-refractivity contribution in [1.82, 2.24) is 16.0 Å². The summed E-state index contributed by atoms with van der Waals surface area (Å²) in [7, 11) is 0. The van der Waals surface area contributed by atoms with E-state index >= 15 is 0 Å². The average molecular weight is 823 g/mol. The number of fused-ring (bicyclic) bond motifs is 7. The van der Waals surface area contributed by atoms with Crippen molar-refractivity contribution in [3.8, 4) is 0 Å². The van der Waals surface area contributed by atoms with Crippen molar-refractivity contribution < 1.29 is 29.1 Å². The molecule has 0 aromatic carbocycles. The summed E-state index contributed by atoms with van der Waals surface area (Å²) in [5.74, 6) is 1.52. The van der Waals surface area contributed by atoms with Crippen LogP contribution in [0.15, 0.2) is 22.3 Å². The SMILES string of the molecule is CC(C)C1=C2C3CCC4C(C)(CCC5C(C)(C)C(CC(=O)C6CC(C(=O)O)C6C)CCC54C)C3CCC2(CC(=O)NCC(C)(C)NC=O)CC1=O.CC1=CSC(N)N1. The van der Waals surface area contributed by atoms with E-state index in [9.17, 15) is 29.1 Å². The minimum absolute atomic E-state index is 0.0239. The lowest BCUT2D eigenvalue weighted by Gasteiger charge is -2.69. The van der Waals surface area contributed by atoms with Crippen LogP contribution < -0.4 is 21.7 Å². The number of thioether (sulfide) groups is 1. The predicted octanol–water partition coefficient (Wildman–Crippen LogP) is 7.97. The van der Waals surface area contributed by atoms with Gasteiger partial charge >= 0.3 is 5.97 Å². The quantitative estimate of drug-likeness (QED) is 0.130. The maximum absolute atomic E-state index is 13.9. The largest absolute Gasteiger partial charge is 0.481 e. The molecule has 6 aliphatic carbocycles. The summed E-state index contributed by atoms with van der Waals surface area (Å²) in [5.41, 5.74) is 8.40. The summed E-state index contributed by atoms with van der Waals surface area (Å²) in [5, 5.41) is 20.4. The third-order valence-corrected chi connectivity index (χ3v) is 18.3. The van der Waals surface area contributed by atoms with Crippen molar-refractivity contribution in [1.29, 1.82) is 0 Å². The Hall–Kier alpha value is -2.66. The number of amides is 2. The van der Waals surface area contributed by atoms with E-state index in [0.717, 1.165) is 62.6 Å². The number of allylic oxidation sites excluding steroid dienone is 3. The average Bonchev–Trinajstić information content (AvgIpc) is 3.65. The number of aliphatic carboxylic acids is 1. The molecule has 0 bridgehead atoms. The van der Waals surface area contributed by atoms with Gasteiger partial charge in [-0.25, -0.2) is 0 Å². The molecular weight excluding hydrogens is 749 g/mol. The van der Waals surface area contributed by atoms with Gasteiger partial charge in [0, 0.05) is 42.8 Å². The number of carbonyl (C=O) groups excluding carboxylic acids is 4. The van der Waals surface area contributed by atoms with E-state index in [0.29, 0.717) is 68.2 Å². The minimum atomic E-state index is -0.769. The zero-order chi connectivity index (χ0) is 42.7. The van der Waals surface area contributed by atoms with Gasteiger partial charge in [0.05, 0.1) is 11.5 Å². The Balaban J connectivity index is 0.000000732. The van der Waals surface area contributed by atoms with Gasteiger partial charge in [-0.15, -0.1) is 0 Å². The summed E-state index contributed by atoms with van der Waals surface area (Å²) >= 11 is 1.61. The molecule has 10 nitrogen and oxygen atoms in total. The van der Waals surface area contributed by atoms with Crippen LogP contribution in [0.4, 0.5) is 0 Å². The molecule has 0 aromatic rings. The van der Waals surface area contributed by atoms with Crippen LogP contribution in [0.5, 0.6) is 0 Å². The Kier molecular flexibility index (Phi) is 12.6. The zero-order valence-corrected chi connectivity index (χ0v) is 37.9. The molecule has 0 spiro atoms. The molecule has 12 atom stereocenters. The number of nitrogens with one attached hydrogen (secondary N) is 3. The van der Waals surface area contributed by atoms with Gasteiger partial charge in [0.2, 0.25) is 12.3 Å². The highest BCUT2D eigenvalue weighted by molar-refractivity contribution is 8.02. The van der Waals surface area contributed by atoms with Crippen molar-refractivity contribution in [2.24, 2.45) is 80.7 Å². The third kappa shape index (κ3) is 7.98. The maximum Gasteiger partial charge on any atom is 0.306 e.